The lowest BCUT2D eigenvalue weighted by Crippen LogP contribution is -2.55. The van der Waals surface area contributed by atoms with Crippen molar-refractivity contribution in [2.75, 3.05) is 0 Å². The molecule has 4 fully saturated rings. The van der Waals surface area contributed by atoms with E-state index in [2.05, 4.69) is 5.32 Å². The minimum Gasteiger partial charge on any atom is -0.481 e. The SMILES string of the molecule is CC(C)(CC(=O)O)NC(=O)C1C2CC3CC(C2)CC1C3. The summed E-state index contributed by atoms with van der Waals surface area (Å²) in [6, 6.07) is 0. The third-order valence-electron chi connectivity index (χ3n) is 5.58. The molecular weight excluding hydrogens is 254 g/mol. The second kappa shape index (κ2) is 4.74. The average Bonchev–Trinajstić information content (AvgIpc) is 2.23. The van der Waals surface area contributed by atoms with Gasteiger partial charge < -0.3 is 10.4 Å². The summed E-state index contributed by atoms with van der Waals surface area (Å²) in [4.78, 5) is 23.5. The van der Waals surface area contributed by atoms with Gasteiger partial charge in [0.15, 0.2) is 0 Å². The molecule has 4 bridgehead atoms. The first-order chi connectivity index (χ1) is 9.34. The molecule has 112 valence electrons. The second-order valence-electron chi connectivity index (χ2n) is 7.90. The fourth-order valence-corrected chi connectivity index (χ4v) is 5.19. The Morgan fingerprint density at radius 3 is 2.00 bits per heavy atom. The molecule has 0 aliphatic heterocycles. The normalized spacial score (nSPS) is 38.8. The summed E-state index contributed by atoms with van der Waals surface area (Å²) in [6.07, 6.45) is 6.21. The molecule has 1 amide bonds. The maximum Gasteiger partial charge on any atom is 0.305 e. The second-order valence-corrected chi connectivity index (χ2v) is 7.90. The average molecular weight is 279 g/mol. The van der Waals surface area contributed by atoms with Crippen LogP contribution in [0.5, 0.6) is 0 Å². The van der Waals surface area contributed by atoms with Crippen LogP contribution in [0, 0.1) is 29.6 Å². The topological polar surface area (TPSA) is 66.4 Å². The molecule has 20 heavy (non-hydrogen) atoms. The zero-order valence-corrected chi connectivity index (χ0v) is 12.4. The molecule has 2 N–H and O–H groups in total. The zero-order chi connectivity index (χ0) is 14.5. The van der Waals surface area contributed by atoms with E-state index in [1.165, 1.54) is 32.1 Å². The van der Waals surface area contributed by atoms with Crippen LogP contribution in [-0.4, -0.2) is 22.5 Å². The molecule has 4 rings (SSSR count). The van der Waals surface area contributed by atoms with Gasteiger partial charge in [0.05, 0.1) is 6.42 Å². The number of carboxylic acid groups (broad SMARTS) is 1. The Morgan fingerprint density at radius 1 is 1.05 bits per heavy atom. The minimum atomic E-state index is -0.861. The lowest BCUT2D eigenvalue weighted by molar-refractivity contribution is -0.142. The highest BCUT2D eigenvalue weighted by Crippen LogP contribution is 2.56. The molecule has 0 aromatic rings. The van der Waals surface area contributed by atoms with E-state index in [0.29, 0.717) is 11.8 Å². The van der Waals surface area contributed by atoms with Crippen molar-refractivity contribution < 1.29 is 14.7 Å². The number of carbonyl (C=O) groups excluding carboxylic acids is 1. The van der Waals surface area contributed by atoms with Crippen molar-refractivity contribution in [2.24, 2.45) is 29.6 Å². The number of hydrogen-bond acceptors (Lipinski definition) is 2. The van der Waals surface area contributed by atoms with Crippen LogP contribution < -0.4 is 5.32 Å². The van der Waals surface area contributed by atoms with Crippen molar-refractivity contribution in [3.63, 3.8) is 0 Å². The van der Waals surface area contributed by atoms with E-state index < -0.39 is 11.5 Å². The number of carbonyl (C=O) groups is 2. The smallest absolute Gasteiger partial charge is 0.305 e. The highest BCUT2D eigenvalue weighted by Gasteiger charge is 2.51. The summed E-state index contributed by atoms with van der Waals surface area (Å²) < 4.78 is 0. The highest BCUT2D eigenvalue weighted by atomic mass is 16.4. The first-order valence-electron chi connectivity index (χ1n) is 7.88. The van der Waals surface area contributed by atoms with Gasteiger partial charge in [-0.05, 0) is 69.6 Å². The quantitative estimate of drug-likeness (QED) is 0.830. The van der Waals surface area contributed by atoms with Gasteiger partial charge in [-0.3, -0.25) is 9.59 Å². The Kier molecular flexibility index (Phi) is 3.30. The molecule has 4 saturated carbocycles. The van der Waals surface area contributed by atoms with E-state index >= 15 is 0 Å². The maximum atomic E-state index is 12.6. The lowest BCUT2D eigenvalue weighted by Gasteiger charge is -2.54. The van der Waals surface area contributed by atoms with Crippen molar-refractivity contribution in [1.82, 2.24) is 5.32 Å². The van der Waals surface area contributed by atoms with Crippen molar-refractivity contribution in [3.05, 3.63) is 0 Å². The number of aliphatic carboxylic acids is 1. The Bertz CT molecular complexity index is 401. The zero-order valence-electron chi connectivity index (χ0n) is 12.4. The van der Waals surface area contributed by atoms with Gasteiger partial charge >= 0.3 is 5.97 Å². The largest absolute Gasteiger partial charge is 0.481 e. The Balaban J connectivity index is 1.67. The van der Waals surface area contributed by atoms with E-state index in [1.807, 2.05) is 0 Å². The van der Waals surface area contributed by atoms with E-state index in [-0.39, 0.29) is 18.2 Å². The van der Waals surface area contributed by atoms with Gasteiger partial charge in [0, 0.05) is 11.5 Å². The van der Waals surface area contributed by atoms with E-state index in [4.69, 9.17) is 5.11 Å². The molecular formula is C16H25NO3. The molecule has 0 heterocycles. The molecule has 0 radical (unpaired) electrons. The van der Waals surface area contributed by atoms with Crippen molar-refractivity contribution in [2.45, 2.75) is 57.9 Å². The van der Waals surface area contributed by atoms with Crippen LogP contribution in [0.15, 0.2) is 0 Å². The van der Waals surface area contributed by atoms with Crippen LogP contribution >= 0.6 is 0 Å². The minimum absolute atomic E-state index is 0.0218. The monoisotopic (exact) mass is 279 g/mol. The van der Waals surface area contributed by atoms with Crippen LogP contribution in [-0.2, 0) is 9.59 Å². The standard InChI is InChI=1S/C16H25NO3/c1-16(2,8-13(18)19)17-15(20)14-11-4-9-3-10(6-11)7-12(14)5-9/h9-12,14H,3-8H2,1-2H3,(H,17,20)(H,18,19). The first-order valence-corrected chi connectivity index (χ1v) is 7.88. The number of carboxylic acids is 1. The van der Waals surface area contributed by atoms with E-state index in [0.717, 1.165) is 11.8 Å². The van der Waals surface area contributed by atoms with Gasteiger partial charge in [-0.1, -0.05) is 0 Å². The van der Waals surface area contributed by atoms with E-state index in [1.54, 1.807) is 13.8 Å². The van der Waals surface area contributed by atoms with Gasteiger partial charge in [0.1, 0.15) is 0 Å². The Hall–Kier alpha value is -1.06. The molecule has 0 aromatic carbocycles. The number of hydrogen-bond donors (Lipinski definition) is 2. The van der Waals surface area contributed by atoms with E-state index in [9.17, 15) is 9.59 Å². The third-order valence-corrected chi connectivity index (χ3v) is 5.58. The predicted octanol–water partition coefficient (Wildman–Crippen LogP) is 2.43. The first kappa shape index (κ1) is 13.9. The number of nitrogens with one attached hydrogen (secondary N) is 1. The summed E-state index contributed by atoms with van der Waals surface area (Å²) in [6.45, 7) is 3.60. The van der Waals surface area contributed by atoms with Gasteiger partial charge in [0.2, 0.25) is 5.91 Å². The van der Waals surface area contributed by atoms with Gasteiger partial charge in [-0.15, -0.1) is 0 Å². The summed E-state index contributed by atoms with van der Waals surface area (Å²) >= 11 is 0. The Morgan fingerprint density at radius 2 is 1.55 bits per heavy atom. The van der Waals surface area contributed by atoms with Crippen LogP contribution in [0.1, 0.15) is 52.4 Å². The van der Waals surface area contributed by atoms with Crippen LogP contribution in [0.2, 0.25) is 0 Å². The molecule has 4 nitrogen and oxygen atoms in total. The van der Waals surface area contributed by atoms with Crippen molar-refractivity contribution in [3.8, 4) is 0 Å². The lowest BCUT2D eigenvalue weighted by atomic mass is 9.51. The molecule has 0 spiro atoms. The molecule has 4 aliphatic carbocycles. The summed E-state index contributed by atoms with van der Waals surface area (Å²) in [5.41, 5.74) is -0.655. The van der Waals surface area contributed by atoms with Crippen molar-refractivity contribution >= 4 is 11.9 Å². The summed E-state index contributed by atoms with van der Waals surface area (Å²) in [7, 11) is 0. The summed E-state index contributed by atoms with van der Waals surface area (Å²) in [5.74, 6) is 2.18. The molecule has 0 aromatic heterocycles. The fourth-order valence-electron chi connectivity index (χ4n) is 5.19. The number of rotatable bonds is 4. The molecule has 0 saturated heterocycles. The molecule has 0 atom stereocenters. The fraction of sp³-hybridized carbons (Fsp3) is 0.875. The van der Waals surface area contributed by atoms with Crippen LogP contribution in [0.25, 0.3) is 0 Å². The molecule has 4 heteroatoms. The molecule has 4 aliphatic rings. The third kappa shape index (κ3) is 2.57. The number of amides is 1. The van der Waals surface area contributed by atoms with Crippen molar-refractivity contribution in [1.29, 1.82) is 0 Å². The van der Waals surface area contributed by atoms with Gasteiger partial charge in [-0.25, -0.2) is 0 Å². The Labute approximate surface area is 120 Å². The van der Waals surface area contributed by atoms with Gasteiger partial charge in [-0.2, -0.15) is 0 Å². The summed E-state index contributed by atoms with van der Waals surface area (Å²) in [5, 5.41) is 11.9. The molecule has 0 unspecified atom stereocenters. The van der Waals surface area contributed by atoms with Crippen LogP contribution in [0.4, 0.5) is 0 Å². The van der Waals surface area contributed by atoms with Gasteiger partial charge in [0.25, 0.3) is 0 Å². The van der Waals surface area contributed by atoms with Crippen LogP contribution in [0.3, 0.4) is 0 Å². The highest BCUT2D eigenvalue weighted by molar-refractivity contribution is 5.81. The predicted molar refractivity (Wildman–Crippen MR) is 75.0 cm³/mol. The maximum absolute atomic E-state index is 12.6.